The van der Waals surface area contributed by atoms with Crippen molar-refractivity contribution < 1.29 is 18.3 Å². The lowest BCUT2D eigenvalue weighted by atomic mass is 10.4. The largest absolute Gasteiger partial charge is 0.479 e. The Morgan fingerprint density at radius 1 is 1.38 bits per heavy atom. The van der Waals surface area contributed by atoms with Gasteiger partial charge in [-0.1, -0.05) is 0 Å². The molecule has 0 spiro atoms. The number of methoxy groups -OCH3 is 1. The maximum atomic E-state index is 12.1. The van der Waals surface area contributed by atoms with Crippen molar-refractivity contribution in [1.29, 1.82) is 0 Å². The molecule has 0 aliphatic rings. The molecule has 0 aromatic carbocycles. The fourth-order valence-corrected chi connectivity index (χ4v) is 2.10. The van der Waals surface area contributed by atoms with Crippen molar-refractivity contribution >= 4 is 22.8 Å². The van der Waals surface area contributed by atoms with E-state index < -0.39 is 13.0 Å². The van der Waals surface area contributed by atoms with Crippen LogP contribution in [0.2, 0.25) is 0 Å². The van der Waals surface area contributed by atoms with Gasteiger partial charge < -0.3 is 14.0 Å². The first-order valence-electron chi connectivity index (χ1n) is 6.29. The van der Waals surface area contributed by atoms with Crippen LogP contribution in [0.15, 0.2) is 6.33 Å². The van der Waals surface area contributed by atoms with Crippen molar-refractivity contribution in [3.8, 4) is 5.88 Å². The van der Waals surface area contributed by atoms with Gasteiger partial charge in [-0.05, 0) is 6.92 Å². The molecule has 21 heavy (non-hydrogen) atoms. The predicted molar refractivity (Wildman–Crippen MR) is 73.0 cm³/mol. The fourth-order valence-electron chi connectivity index (χ4n) is 1.93. The Morgan fingerprint density at radius 2 is 2.14 bits per heavy atom. The molecule has 0 amide bonds. The SMILES string of the molecule is COc1ncnc2c1nc(C(C)Cl)n2CCOCC(F)F. The van der Waals surface area contributed by atoms with Gasteiger partial charge in [0.15, 0.2) is 11.2 Å². The van der Waals surface area contributed by atoms with Gasteiger partial charge in [-0.15, -0.1) is 11.6 Å². The summed E-state index contributed by atoms with van der Waals surface area (Å²) >= 11 is 6.11. The first kappa shape index (κ1) is 15.8. The Balaban J connectivity index is 2.29. The number of imidazole rings is 1. The molecule has 1 unspecified atom stereocenters. The molecule has 2 rings (SSSR count). The van der Waals surface area contributed by atoms with Crippen LogP contribution in [0.25, 0.3) is 11.2 Å². The van der Waals surface area contributed by atoms with Crippen molar-refractivity contribution in [2.75, 3.05) is 20.3 Å². The second-order valence-electron chi connectivity index (χ2n) is 4.26. The van der Waals surface area contributed by atoms with E-state index in [0.717, 1.165) is 0 Å². The molecule has 1 atom stereocenters. The summed E-state index contributed by atoms with van der Waals surface area (Å²) in [5.74, 6) is 0.900. The monoisotopic (exact) mass is 320 g/mol. The van der Waals surface area contributed by atoms with Crippen molar-refractivity contribution in [3.05, 3.63) is 12.2 Å². The van der Waals surface area contributed by atoms with Crippen molar-refractivity contribution in [1.82, 2.24) is 19.5 Å². The van der Waals surface area contributed by atoms with Gasteiger partial charge in [-0.3, -0.25) is 0 Å². The Kier molecular flexibility index (Phi) is 5.24. The zero-order valence-corrected chi connectivity index (χ0v) is 12.3. The van der Waals surface area contributed by atoms with Crippen LogP contribution in [0.1, 0.15) is 18.1 Å². The Hall–Kier alpha value is -1.54. The van der Waals surface area contributed by atoms with Crippen LogP contribution >= 0.6 is 11.6 Å². The molecule has 6 nitrogen and oxygen atoms in total. The van der Waals surface area contributed by atoms with Gasteiger partial charge in [0.25, 0.3) is 6.43 Å². The number of rotatable bonds is 7. The number of hydrogen-bond acceptors (Lipinski definition) is 5. The van der Waals surface area contributed by atoms with Gasteiger partial charge in [0, 0.05) is 6.54 Å². The van der Waals surface area contributed by atoms with E-state index in [9.17, 15) is 8.78 Å². The van der Waals surface area contributed by atoms with Crippen molar-refractivity contribution in [2.45, 2.75) is 25.3 Å². The quantitative estimate of drug-likeness (QED) is 0.579. The van der Waals surface area contributed by atoms with E-state index in [1.807, 2.05) is 0 Å². The third kappa shape index (κ3) is 3.56. The van der Waals surface area contributed by atoms with E-state index in [1.54, 1.807) is 11.5 Å². The average molecular weight is 321 g/mol. The summed E-state index contributed by atoms with van der Waals surface area (Å²) in [5.41, 5.74) is 1.02. The summed E-state index contributed by atoms with van der Waals surface area (Å²) in [4.78, 5) is 12.5. The zero-order valence-electron chi connectivity index (χ0n) is 11.6. The van der Waals surface area contributed by atoms with Crippen molar-refractivity contribution in [3.63, 3.8) is 0 Å². The van der Waals surface area contributed by atoms with E-state index >= 15 is 0 Å². The second kappa shape index (κ2) is 6.95. The molecule has 2 heterocycles. The number of nitrogens with zero attached hydrogens (tertiary/aromatic N) is 4. The third-order valence-corrected chi connectivity index (χ3v) is 2.98. The first-order chi connectivity index (χ1) is 10.0. The van der Waals surface area contributed by atoms with E-state index in [0.29, 0.717) is 29.4 Å². The van der Waals surface area contributed by atoms with E-state index in [4.69, 9.17) is 21.1 Å². The van der Waals surface area contributed by atoms with Gasteiger partial charge in [-0.2, -0.15) is 4.98 Å². The first-order valence-corrected chi connectivity index (χ1v) is 6.73. The van der Waals surface area contributed by atoms with Gasteiger partial charge in [-0.25, -0.2) is 18.7 Å². The molecule has 0 fully saturated rings. The summed E-state index contributed by atoms with van der Waals surface area (Å²) < 4.78 is 35.9. The van der Waals surface area contributed by atoms with Gasteiger partial charge in [0.05, 0.1) is 19.1 Å². The second-order valence-corrected chi connectivity index (χ2v) is 4.91. The minimum atomic E-state index is -2.49. The minimum Gasteiger partial charge on any atom is -0.479 e. The van der Waals surface area contributed by atoms with Gasteiger partial charge >= 0.3 is 0 Å². The Labute approximate surface area is 125 Å². The average Bonchev–Trinajstić information content (AvgIpc) is 2.82. The lowest BCUT2D eigenvalue weighted by Gasteiger charge is -2.10. The normalized spacial score (nSPS) is 13.0. The summed E-state index contributed by atoms with van der Waals surface area (Å²) in [6.45, 7) is 1.59. The van der Waals surface area contributed by atoms with Crippen molar-refractivity contribution in [2.24, 2.45) is 0 Å². The number of hydrogen-bond donors (Lipinski definition) is 0. The fraction of sp³-hybridized carbons (Fsp3) is 0.583. The van der Waals surface area contributed by atoms with E-state index in [1.165, 1.54) is 13.4 Å². The molecular formula is C12H15ClF2N4O2. The number of halogens is 3. The maximum Gasteiger partial charge on any atom is 0.261 e. The Bertz CT molecular complexity index is 606. The molecular weight excluding hydrogens is 306 g/mol. The van der Waals surface area contributed by atoms with Crippen LogP contribution < -0.4 is 4.74 Å². The lowest BCUT2D eigenvalue weighted by Crippen LogP contribution is -2.13. The molecule has 0 bridgehead atoms. The predicted octanol–water partition coefficient (Wildman–Crippen LogP) is 2.42. The molecule has 0 N–H and O–H groups in total. The summed E-state index contributed by atoms with van der Waals surface area (Å²) in [6, 6.07) is 0. The van der Waals surface area contributed by atoms with Crippen LogP contribution in [0.5, 0.6) is 5.88 Å². The van der Waals surface area contributed by atoms with Crippen LogP contribution in [0.4, 0.5) is 8.78 Å². The highest BCUT2D eigenvalue weighted by Crippen LogP contribution is 2.27. The number of fused-ring (bicyclic) bond motifs is 1. The summed E-state index contributed by atoms with van der Waals surface area (Å²) in [5, 5.41) is -0.376. The molecule has 2 aromatic heterocycles. The highest BCUT2D eigenvalue weighted by Gasteiger charge is 2.19. The van der Waals surface area contributed by atoms with Crippen LogP contribution in [0.3, 0.4) is 0 Å². The molecule has 0 saturated heterocycles. The third-order valence-electron chi connectivity index (χ3n) is 2.78. The van der Waals surface area contributed by atoms with Gasteiger partial charge in [0.1, 0.15) is 18.8 Å². The van der Waals surface area contributed by atoms with E-state index in [-0.39, 0.29) is 12.0 Å². The summed E-state index contributed by atoms with van der Waals surface area (Å²) in [6.07, 6.45) is -1.14. The molecule has 0 radical (unpaired) electrons. The van der Waals surface area contributed by atoms with Crippen LogP contribution in [-0.2, 0) is 11.3 Å². The highest BCUT2D eigenvalue weighted by molar-refractivity contribution is 6.20. The molecule has 2 aromatic rings. The molecule has 0 aliphatic carbocycles. The van der Waals surface area contributed by atoms with Gasteiger partial charge in [0.2, 0.25) is 5.88 Å². The molecule has 116 valence electrons. The van der Waals surface area contributed by atoms with E-state index in [2.05, 4.69) is 15.0 Å². The van der Waals surface area contributed by atoms with Crippen LogP contribution in [-0.4, -0.2) is 46.3 Å². The number of aromatic nitrogens is 4. The zero-order chi connectivity index (χ0) is 15.4. The molecule has 0 aliphatic heterocycles. The smallest absolute Gasteiger partial charge is 0.261 e. The van der Waals surface area contributed by atoms with Crippen LogP contribution in [0, 0.1) is 0 Å². The molecule has 9 heteroatoms. The number of alkyl halides is 3. The number of ether oxygens (including phenoxy) is 2. The minimum absolute atomic E-state index is 0.110. The standard InChI is InChI=1S/C12H15ClF2N4O2/c1-7(13)10-18-9-11(16-6-17-12(9)20-2)19(10)3-4-21-5-8(14)15/h6-8H,3-5H2,1-2H3. The highest BCUT2D eigenvalue weighted by atomic mass is 35.5. The lowest BCUT2D eigenvalue weighted by molar-refractivity contribution is 0.0148. The summed E-state index contributed by atoms with van der Waals surface area (Å²) in [7, 11) is 1.48. The molecule has 0 saturated carbocycles. The maximum absolute atomic E-state index is 12.1. The topological polar surface area (TPSA) is 62.1 Å². The Morgan fingerprint density at radius 3 is 2.76 bits per heavy atom.